The molecule has 0 spiro atoms. The highest BCUT2D eigenvalue weighted by Gasteiger charge is 2.35. The minimum Gasteiger partial charge on any atom is -0.306 e. The highest BCUT2D eigenvalue weighted by Crippen LogP contribution is 2.30. The Morgan fingerprint density at radius 1 is 1.44 bits per heavy atom. The summed E-state index contributed by atoms with van der Waals surface area (Å²) >= 11 is 0. The van der Waals surface area contributed by atoms with Crippen molar-refractivity contribution < 1.29 is 17.6 Å². The standard InChI is InChI=1S/C9H9FN2O3S/c1-2-12-9(13)11-7-4-3-6(10)5-8(7)16(12,14)15/h3-5H,2H2,1H3,(H,11,13). The summed E-state index contributed by atoms with van der Waals surface area (Å²) in [6.07, 6.45) is 0. The van der Waals surface area contributed by atoms with Crippen molar-refractivity contribution in [3.8, 4) is 0 Å². The number of sulfonamides is 1. The van der Waals surface area contributed by atoms with Crippen molar-refractivity contribution in [3.63, 3.8) is 0 Å². The van der Waals surface area contributed by atoms with E-state index in [4.69, 9.17) is 0 Å². The summed E-state index contributed by atoms with van der Waals surface area (Å²) in [6.45, 7) is 1.53. The summed E-state index contributed by atoms with van der Waals surface area (Å²) < 4.78 is 37.4. The fraction of sp³-hybridized carbons (Fsp3) is 0.222. The van der Waals surface area contributed by atoms with Gasteiger partial charge in [-0.15, -0.1) is 0 Å². The second kappa shape index (κ2) is 3.44. The second-order valence-electron chi connectivity index (χ2n) is 3.24. The second-order valence-corrected chi connectivity index (χ2v) is 5.07. The van der Waals surface area contributed by atoms with Gasteiger partial charge in [-0.25, -0.2) is 21.9 Å². The molecule has 1 aliphatic rings. The number of carbonyl (C=O) groups is 1. The number of hydrogen-bond donors (Lipinski definition) is 1. The number of nitrogens with one attached hydrogen (secondary N) is 1. The molecule has 1 aromatic carbocycles. The summed E-state index contributed by atoms with van der Waals surface area (Å²) in [4.78, 5) is 11.2. The van der Waals surface area contributed by atoms with Crippen LogP contribution >= 0.6 is 0 Å². The largest absolute Gasteiger partial charge is 0.335 e. The van der Waals surface area contributed by atoms with Gasteiger partial charge in [0.1, 0.15) is 10.7 Å². The Kier molecular flexibility index (Phi) is 2.34. The van der Waals surface area contributed by atoms with Gasteiger partial charge in [0, 0.05) is 6.54 Å². The first-order valence-electron chi connectivity index (χ1n) is 4.60. The number of benzene rings is 1. The number of hydrogen-bond acceptors (Lipinski definition) is 3. The monoisotopic (exact) mass is 244 g/mol. The van der Waals surface area contributed by atoms with Gasteiger partial charge >= 0.3 is 6.03 Å². The molecule has 0 radical (unpaired) electrons. The predicted molar refractivity (Wildman–Crippen MR) is 55.0 cm³/mol. The third-order valence-corrected chi connectivity index (χ3v) is 4.16. The summed E-state index contributed by atoms with van der Waals surface area (Å²) in [7, 11) is -3.92. The van der Waals surface area contributed by atoms with Crippen LogP contribution in [0.4, 0.5) is 14.9 Å². The van der Waals surface area contributed by atoms with Crippen LogP contribution in [0.5, 0.6) is 0 Å². The maximum Gasteiger partial charge on any atom is 0.335 e. The van der Waals surface area contributed by atoms with Crippen LogP contribution in [0.3, 0.4) is 0 Å². The van der Waals surface area contributed by atoms with Crippen molar-refractivity contribution in [1.82, 2.24) is 4.31 Å². The molecule has 1 N–H and O–H groups in total. The van der Waals surface area contributed by atoms with Gasteiger partial charge in [0.05, 0.1) is 5.69 Å². The van der Waals surface area contributed by atoms with Crippen molar-refractivity contribution in [2.75, 3.05) is 11.9 Å². The first kappa shape index (κ1) is 10.9. The molecule has 5 nitrogen and oxygen atoms in total. The topological polar surface area (TPSA) is 66.5 Å². The average Bonchev–Trinajstić information content (AvgIpc) is 2.19. The first-order chi connectivity index (χ1) is 7.46. The van der Waals surface area contributed by atoms with Crippen molar-refractivity contribution in [1.29, 1.82) is 0 Å². The van der Waals surface area contributed by atoms with Crippen LogP contribution in [0.25, 0.3) is 0 Å². The number of carbonyl (C=O) groups excluding carboxylic acids is 1. The van der Waals surface area contributed by atoms with Gasteiger partial charge in [0.2, 0.25) is 0 Å². The number of nitrogens with zero attached hydrogens (tertiary/aromatic N) is 1. The summed E-state index contributed by atoms with van der Waals surface area (Å²) in [5.41, 5.74) is 0.108. The molecular weight excluding hydrogens is 235 g/mol. The van der Waals surface area contributed by atoms with Crippen LogP contribution in [0.1, 0.15) is 6.92 Å². The molecular formula is C9H9FN2O3S. The first-order valence-corrected chi connectivity index (χ1v) is 6.04. The van der Waals surface area contributed by atoms with Gasteiger partial charge in [-0.3, -0.25) is 0 Å². The van der Waals surface area contributed by atoms with E-state index in [1.54, 1.807) is 0 Å². The Hall–Kier alpha value is -1.63. The maximum atomic E-state index is 13.0. The van der Waals surface area contributed by atoms with Gasteiger partial charge in [-0.1, -0.05) is 0 Å². The molecule has 2 amide bonds. The molecule has 0 aromatic heterocycles. The molecule has 0 fully saturated rings. The van der Waals surface area contributed by atoms with Crippen LogP contribution in [0.15, 0.2) is 23.1 Å². The predicted octanol–water partition coefficient (Wildman–Crippen LogP) is 1.38. The molecule has 0 unspecified atom stereocenters. The van der Waals surface area contributed by atoms with Crippen molar-refractivity contribution in [3.05, 3.63) is 24.0 Å². The Balaban J connectivity index is 2.68. The third-order valence-electron chi connectivity index (χ3n) is 2.27. The van der Waals surface area contributed by atoms with Crippen LogP contribution in [0, 0.1) is 5.82 Å². The number of halogens is 1. The van der Waals surface area contributed by atoms with Gasteiger partial charge in [-0.05, 0) is 25.1 Å². The van der Waals surface area contributed by atoms with Crippen LogP contribution in [0.2, 0.25) is 0 Å². The Labute approximate surface area is 91.9 Å². The minimum atomic E-state index is -3.92. The van der Waals surface area contributed by atoms with Crippen molar-refractivity contribution >= 4 is 21.7 Å². The SMILES string of the molecule is CCN1C(=O)Nc2ccc(F)cc2S1(=O)=O. The molecule has 1 aliphatic heterocycles. The number of amides is 2. The zero-order valence-electron chi connectivity index (χ0n) is 8.40. The smallest absolute Gasteiger partial charge is 0.306 e. The van der Waals surface area contributed by atoms with Gasteiger partial charge < -0.3 is 5.32 Å². The average molecular weight is 244 g/mol. The zero-order chi connectivity index (χ0) is 11.9. The number of anilines is 1. The molecule has 0 saturated carbocycles. The van der Waals surface area contributed by atoms with E-state index >= 15 is 0 Å². The highest BCUT2D eigenvalue weighted by atomic mass is 32.2. The third kappa shape index (κ3) is 1.44. The van der Waals surface area contributed by atoms with Crippen molar-refractivity contribution in [2.24, 2.45) is 0 Å². The van der Waals surface area contributed by atoms with Crippen LogP contribution in [-0.4, -0.2) is 25.3 Å². The lowest BCUT2D eigenvalue weighted by Gasteiger charge is -2.27. The molecule has 0 aliphatic carbocycles. The zero-order valence-corrected chi connectivity index (χ0v) is 9.21. The van der Waals surface area contributed by atoms with E-state index in [1.807, 2.05) is 0 Å². The fourth-order valence-electron chi connectivity index (χ4n) is 1.53. The fourth-order valence-corrected chi connectivity index (χ4v) is 3.03. The molecule has 7 heteroatoms. The quantitative estimate of drug-likeness (QED) is 0.811. The van der Waals surface area contributed by atoms with Crippen LogP contribution in [-0.2, 0) is 10.0 Å². The van der Waals surface area contributed by atoms with Gasteiger partial charge in [0.15, 0.2) is 0 Å². The molecule has 16 heavy (non-hydrogen) atoms. The normalized spacial score (nSPS) is 17.9. The van der Waals surface area contributed by atoms with Crippen LogP contribution < -0.4 is 5.32 Å². The lowest BCUT2D eigenvalue weighted by molar-refractivity contribution is 0.236. The Morgan fingerprint density at radius 2 is 2.12 bits per heavy atom. The summed E-state index contributed by atoms with van der Waals surface area (Å²) in [6, 6.07) is 2.50. The molecule has 1 aromatic rings. The van der Waals surface area contributed by atoms with E-state index < -0.39 is 21.9 Å². The van der Waals surface area contributed by atoms with Gasteiger partial charge in [-0.2, -0.15) is 0 Å². The molecule has 1 heterocycles. The van der Waals surface area contributed by atoms with Crippen molar-refractivity contribution in [2.45, 2.75) is 11.8 Å². The molecule has 0 saturated heterocycles. The number of urea groups is 1. The molecule has 2 rings (SSSR count). The van der Waals surface area contributed by atoms with E-state index in [-0.39, 0.29) is 17.1 Å². The maximum absolute atomic E-state index is 13.0. The van der Waals surface area contributed by atoms with E-state index in [0.29, 0.717) is 4.31 Å². The number of rotatable bonds is 1. The lowest BCUT2D eigenvalue weighted by Crippen LogP contribution is -2.43. The minimum absolute atomic E-state index is 0.00409. The van der Waals surface area contributed by atoms with E-state index in [9.17, 15) is 17.6 Å². The summed E-state index contributed by atoms with van der Waals surface area (Å²) in [5.74, 6) is -0.658. The molecule has 86 valence electrons. The van der Waals surface area contributed by atoms with E-state index in [1.165, 1.54) is 13.0 Å². The lowest BCUT2D eigenvalue weighted by atomic mass is 10.3. The Bertz CT molecular complexity index is 556. The van der Waals surface area contributed by atoms with E-state index in [2.05, 4.69) is 5.32 Å². The Morgan fingerprint density at radius 3 is 2.75 bits per heavy atom. The number of fused-ring (bicyclic) bond motifs is 1. The van der Waals surface area contributed by atoms with Gasteiger partial charge in [0.25, 0.3) is 10.0 Å². The van der Waals surface area contributed by atoms with E-state index in [0.717, 1.165) is 12.1 Å². The molecule has 0 atom stereocenters. The highest BCUT2D eigenvalue weighted by molar-refractivity contribution is 7.90. The summed E-state index contributed by atoms with van der Waals surface area (Å²) in [5, 5.41) is 2.38. The molecule has 0 bridgehead atoms.